The Morgan fingerprint density at radius 1 is 1.53 bits per heavy atom. The number of aromatic amines is 1. The Labute approximate surface area is 111 Å². The maximum absolute atomic E-state index is 12.2. The molecule has 0 aliphatic heterocycles. The third-order valence-corrected chi connectivity index (χ3v) is 3.46. The quantitative estimate of drug-likeness (QED) is 0.861. The monoisotopic (exact) mass is 256 g/mol. The molecule has 0 spiro atoms. The molecule has 2 aromatic heterocycles. The standard InChI is InChI=1S/C14H16N4O/c1-9-16-12-5-4-10(7-13(12)17-9)14(19)18-11-3-2-6-15-8-11/h2-3,6,8,10H,4-5,7H2,1H3,(H,16,17)(H,18,19). The van der Waals surface area contributed by atoms with Crippen molar-refractivity contribution in [1.82, 2.24) is 15.0 Å². The maximum atomic E-state index is 12.2. The molecule has 5 heteroatoms. The van der Waals surface area contributed by atoms with E-state index in [2.05, 4.69) is 20.3 Å². The van der Waals surface area contributed by atoms with Gasteiger partial charge in [-0.1, -0.05) is 0 Å². The molecule has 5 nitrogen and oxygen atoms in total. The van der Waals surface area contributed by atoms with Crippen molar-refractivity contribution in [1.29, 1.82) is 0 Å². The molecule has 0 bridgehead atoms. The fourth-order valence-corrected chi connectivity index (χ4v) is 2.53. The van der Waals surface area contributed by atoms with E-state index in [1.807, 2.05) is 19.1 Å². The van der Waals surface area contributed by atoms with Crippen LogP contribution in [0.5, 0.6) is 0 Å². The summed E-state index contributed by atoms with van der Waals surface area (Å²) in [5.41, 5.74) is 2.97. The van der Waals surface area contributed by atoms with Gasteiger partial charge in [0.1, 0.15) is 5.82 Å². The van der Waals surface area contributed by atoms with Gasteiger partial charge in [-0.2, -0.15) is 0 Å². The Morgan fingerprint density at radius 2 is 2.42 bits per heavy atom. The van der Waals surface area contributed by atoms with Crippen LogP contribution in [0.1, 0.15) is 23.6 Å². The zero-order chi connectivity index (χ0) is 13.2. The Kier molecular flexibility index (Phi) is 3.03. The molecular weight excluding hydrogens is 240 g/mol. The molecular formula is C14H16N4O. The molecule has 0 radical (unpaired) electrons. The van der Waals surface area contributed by atoms with Gasteiger partial charge in [0.05, 0.1) is 17.6 Å². The highest BCUT2D eigenvalue weighted by Crippen LogP contribution is 2.24. The first-order valence-electron chi connectivity index (χ1n) is 6.47. The molecule has 1 atom stereocenters. The molecule has 0 fully saturated rings. The molecule has 2 N–H and O–H groups in total. The molecule has 0 saturated carbocycles. The van der Waals surface area contributed by atoms with Crippen LogP contribution in [0, 0.1) is 12.8 Å². The topological polar surface area (TPSA) is 70.7 Å². The minimum atomic E-state index is 0.00700. The molecule has 1 unspecified atom stereocenters. The number of hydrogen-bond acceptors (Lipinski definition) is 3. The number of rotatable bonds is 2. The molecule has 1 aliphatic rings. The number of H-pyrrole nitrogens is 1. The zero-order valence-electron chi connectivity index (χ0n) is 10.8. The summed E-state index contributed by atoms with van der Waals surface area (Å²) in [5, 5.41) is 2.91. The second kappa shape index (κ2) is 4.84. The summed E-state index contributed by atoms with van der Waals surface area (Å²) in [6, 6.07) is 3.66. The van der Waals surface area contributed by atoms with Crippen molar-refractivity contribution < 1.29 is 4.79 Å². The smallest absolute Gasteiger partial charge is 0.227 e. The zero-order valence-corrected chi connectivity index (χ0v) is 10.8. The summed E-state index contributed by atoms with van der Waals surface area (Å²) in [6.45, 7) is 1.95. The van der Waals surface area contributed by atoms with Crippen molar-refractivity contribution in [3.8, 4) is 0 Å². The SMILES string of the molecule is Cc1nc2c([nH]1)CC(C(=O)Nc1cccnc1)CC2. The molecule has 0 saturated heterocycles. The number of carbonyl (C=O) groups excluding carboxylic acids is 1. The minimum Gasteiger partial charge on any atom is -0.346 e. The molecule has 1 aliphatic carbocycles. The fraction of sp³-hybridized carbons (Fsp3) is 0.357. The van der Waals surface area contributed by atoms with Gasteiger partial charge in [-0.05, 0) is 31.9 Å². The third-order valence-electron chi connectivity index (χ3n) is 3.46. The summed E-state index contributed by atoms with van der Waals surface area (Å²) in [4.78, 5) is 23.9. The van der Waals surface area contributed by atoms with E-state index in [9.17, 15) is 4.79 Å². The van der Waals surface area contributed by atoms with Crippen LogP contribution >= 0.6 is 0 Å². The molecule has 2 aromatic rings. The number of hydrogen-bond donors (Lipinski definition) is 2. The van der Waals surface area contributed by atoms with Crippen molar-refractivity contribution in [2.75, 3.05) is 5.32 Å². The van der Waals surface area contributed by atoms with Crippen molar-refractivity contribution in [2.24, 2.45) is 5.92 Å². The summed E-state index contributed by atoms with van der Waals surface area (Å²) >= 11 is 0. The van der Waals surface area contributed by atoms with Crippen molar-refractivity contribution >= 4 is 11.6 Å². The van der Waals surface area contributed by atoms with Gasteiger partial charge in [0.2, 0.25) is 5.91 Å². The second-order valence-electron chi connectivity index (χ2n) is 4.92. The van der Waals surface area contributed by atoms with Crippen LogP contribution in [0.15, 0.2) is 24.5 Å². The minimum absolute atomic E-state index is 0.00700. The Balaban J connectivity index is 1.69. The number of amides is 1. The van der Waals surface area contributed by atoms with E-state index in [0.29, 0.717) is 0 Å². The average Bonchev–Trinajstić information content (AvgIpc) is 2.78. The van der Waals surface area contributed by atoms with E-state index in [4.69, 9.17) is 0 Å². The second-order valence-corrected chi connectivity index (χ2v) is 4.92. The first-order valence-corrected chi connectivity index (χ1v) is 6.47. The van der Waals surface area contributed by atoms with Crippen molar-refractivity contribution in [2.45, 2.75) is 26.2 Å². The predicted octanol–water partition coefficient (Wildman–Crippen LogP) is 1.86. The van der Waals surface area contributed by atoms with Gasteiger partial charge in [0, 0.05) is 24.2 Å². The van der Waals surface area contributed by atoms with Crippen LogP contribution in [0.4, 0.5) is 5.69 Å². The Morgan fingerprint density at radius 3 is 3.21 bits per heavy atom. The van der Waals surface area contributed by atoms with E-state index >= 15 is 0 Å². The average molecular weight is 256 g/mol. The third kappa shape index (κ3) is 2.50. The lowest BCUT2D eigenvalue weighted by Gasteiger charge is -2.20. The number of nitrogens with zero attached hydrogens (tertiary/aromatic N) is 2. The number of aromatic nitrogens is 3. The van der Waals surface area contributed by atoms with Crippen molar-refractivity contribution in [3.63, 3.8) is 0 Å². The largest absolute Gasteiger partial charge is 0.346 e. The number of pyridine rings is 1. The van der Waals surface area contributed by atoms with Crippen LogP contribution in [0.25, 0.3) is 0 Å². The van der Waals surface area contributed by atoms with E-state index in [1.54, 1.807) is 12.4 Å². The molecule has 98 valence electrons. The van der Waals surface area contributed by atoms with E-state index < -0.39 is 0 Å². The summed E-state index contributed by atoms with van der Waals surface area (Å²) in [6.07, 6.45) is 5.80. The van der Waals surface area contributed by atoms with Crippen LogP contribution in [0.3, 0.4) is 0 Å². The number of nitrogens with one attached hydrogen (secondary N) is 2. The van der Waals surface area contributed by atoms with E-state index in [-0.39, 0.29) is 11.8 Å². The van der Waals surface area contributed by atoms with Gasteiger partial charge in [-0.15, -0.1) is 0 Å². The number of aryl methyl sites for hydroxylation is 2. The van der Waals surface area contributed by atoms with Gasteiger partial charge in [-0.25, -0.2) is 4.98 Å². The van der Waals surface area contributed by atoms with Crippen LogP contribution in [0.2, 0.25) is 0 Å². The Hall–Kier alpha value is -2.17. The number of imidazole rings is 1. The Bertz CT molecular complexity index is 591. The number of anilines is 1. The lowest BCUT2D eigenvalue weighted by atomic mass is 9.89. The van der Waals surface area contributed by atoms with Gasteiger partial charge >= 0.3 is 0 Å². The van der Waals surface area contributed by atoms with Crippen molar-refractivity contribution in [3.05, 3.63) is 41.7 Å². The van der Waals surface area contributed by atoms with E-state index in [0.717, 1.165) is 42.2 Å². The van der Waals surface area contributed by atoms with Gasteiger partial charge < -0.3 is 10.3 Å². The maximum Gasteiger partial charge on any atom is 0.227 e. The van der Waals surface area contributed by atoms with Gasteiger partial charge in [0.25, 0.3) is 0 Å². The van der Waals surface area contributed by atoms with Gasteiger partial charge in [-0.3, -0.25) is 9.78 Å². The highest BCUT2D eigenvalue weighted by atomic mass is 16.1. The first-order chi connectivity index (χ1) is 9.22. The number of fused-ring (bicyclic) bond motifs is 1. The normalized spacial score (nSPS) is 17.8. The van der Waals surface area contributed by atoms with Gasteiger partial charge in [0.15, 0.2) is 0 Å². The highest BCUT2D eigenvalue weighted by molar-refractivity contribution is 5.92. The van der Waals surface area contributed by atoms with Crippen LogP contribution in [-0.2, 0) is 17.6 Å². The lowest BCUT2D eigenvalue weighted by Crippen LogP contribution is -2.28. The molecule has 3 rings (SSSR count). The van der Waals surface area contributed by atoms with Crippen LogP contribution < -0.4 is 5.32 Å². The predicted molar refractivity (Wildman–Crippen MR) is 71.7 cm³/mol. The van der Waals surface area contributed by atoms with Crippen LogP contribution in [-0.4, -0.2) is 20.9 Å². The lowest BCUT2D eigenvalue weighted by molar-refractivity contribution is -0.120. The number of carbonyl (C=O) groups is 1. The highest BCUT2D eigenvalue weighted by Gasteiger charge is 2.26. The molecule has 1 amide bonds. The molecule has 19 heavy (non-hydrogen) atoms. The first kappa shape index (κ1) is 11.9. The molecule has 0 aromatic carbocycles. The van der Waals surface area contributed by atoms with E-state index in [1.165, 1.54) is 0 Å². The summed E-state index contributed by atoms with van der Waals surface area (Å²) in [5.74, 6) is 0.997. The summed E-state index contributed by atoms with van der Waals surface area (Å²) in [7, 11) is 0. The fourth-order valence-electron chi connectivity index (χ4n) is 2.53. The molecule has 2 heterocycles. The summed E-state index contributed by atoms with van der Waals surface area (Å²) < 4.78 is 0.